The van der Waals surface area contributed by atoms with Crippen molar-refractivity contribution in [3.8, 4) is 10.7 Å². The summed E-state index contributed by atoms with van der Waals surface area (Å²) in [6.07, 6.45) is 0. The van der Waals surface area contributed by atoms with Crippen LogP contribution in [0.1, 0.15) is 16.0 Å². The predicted molar refractivity (Wildman–Crippen MR) is 119 cm³/mol. The highest BCUT2D eigenvalue weighted by Crippen LogP contribution is 2.37. The number of aromatic nitrogens is 2. The number of halogens is 3. The van der Waals surface area contributed by atoms with E-state index < -0.39 is 0 Å². The fraction of sp³-hybridized carbons (Fsp3) is 0.167. The molecule has 0 amide bonds. The van der Waals surface area contributed by atoms with Crippen LogP contribution in [0.4, 0.5) is 0 Å². The lowest BCUT2D eigenvalue weighted by atomic mass is 10.1. The van der Waals surface area contributed by atoms with Gasteiger partial charge in [-0.15, -0.1) is 22.7 Å². The first-order valence-corrected chi connectivity index (χ1v) is 11.6. The Morgan fingerprint density at radius 1 is 1.00 bits per heavy atom. The van der Waals surface area contributed by atoms with Crippen molar-refractivity contribution < 1.29 is 0 Å². The summed E-state index contributed by atoms with van der Waals surface area (Å²) in [5.74, 6) is 1.01. The van der Waals surface area contributed by atoms with Crippen LogP contribution in [0.2, 0.25) is 0 Å². The van der Waals surface area contributed by atoms with Gasteiger partial charge >= 0.3 is 0 Å². The fourth-order valence-corrected chi connectivity index (χ4v) is 6.27. The molecule has 0 fully saturated rings. The molecule has 0 atom stereocenters. The van der Waals surface area contributed by atoms with Gasteiger partial charge in [0, 0.05) is 9.35 Å². The van der Waals surface area contributed by atoms with Crippen LogP contribution in [0.3, 0.4) is 0 Å². The maximum atomic E-state index is 5.00. The Morgan fingerprint density at radius 3 is 2.36 bits per heavy atom. The Labute approximate surface area is 179 Å². The van der Waals surface area contributed by atoms with Crippen LogP contribution >= 0.6 is 70.5 Å². The van der Waals surface area contributed by atoms with Crippen molar-refractivity contribution in [2.75, 3.05) is 0 Å². The second-order valence-corrected chi connectivity index (χ2v) is 11.6. The first kappa shape index (κ1) is 17.9. The van der Waals surface area contributed by atoms with Crippen molar-refractivity contribution in [1.29, 1.82) is 0 Å². The van der Waals surface area contributed by atoms with Gasteiger partial charge in [-0.25, -0.2) is 4.98 Å². The van der Waals surface area contributed by atoms with Gasteiger partial charge in [-0.2, -0.15) is 0 Å². The van der Waals surface area contributed by atoms with Crippen molar-refractivity contribution in [1.82, 2.24) is 9.55 Å². The van der Waals surface area contributed by atoms with Gasteiger partial charge in [-0.1, -0.05) is 0 Å². The summed E-state index contributed by atoms with van der Waals surface area (Å²) in [6, 6.07) is 10.7. The summed E-state index contributed by atoms with van der Waals surface area (Å²) >= 11 is 14.4. The molecule has 128 valence electrons. The molecule has 0 saturated carbocycles. The topological polar surface area (TPSA) is 17.8 Å². The highest BCUT2D eigenvalue weighted by molar-refractivity contribution is 9.11. The molecule has 0 spiro atoms. The van der Waals surface area contributed by atoms with Crippen molar-refractivity contribution >= 4 is 81.5 Å². The molecule has 0 unspecified atom stereocenters. The normalized spacial score (nSPS) is 11.6. The standard InChI is InChI=1S/C18H13Br3N2S2/c1-9-7-12-17(16(21)10(9)2)22-18(13-4-6-15(20)25-13)23(12)8-11-3-5-14(19)24-11/h3-7H,8H2,1-2H3. The molecule has 25 heavy (non-hydrogen) atoms. The zero-order valence-electron chi connectivity index (χ0n) is 13.4. The molecule has 1 aromatic carbocycles. The molecule has 0 aliphatic carbocycles. The third-order valence-corrected chi connectivity index (χ3v) is 8.42. The van der Waals surface area contributed by atoms with E-state index in [-0.39, 0.29) is 0 Å². The summed E-state index contributed by atoms with van der Waals surface area (Å²) in [7, 11) is 0. The monoisotopic (exact) mass is 558 g/mol. The molecule has 3 aromatic heterocycles. The van der Waals surface area contributed by atoms with E-state index in [1.807, 2.05) is 0 Å². The number of fused-ring (bicyclic) bond motifs is 1. The highest BCUT2D eigenvalue weighted by Gasteiger charge is 2.19. The molecule has 0 aliphatic heterocycles. The number of hydrogen-bond acceptors (Lipinski definition) is 3. The van der Waals surface area contributed by atoms with E-state index in [0.29, 0.717) is 0 Å². The maximum Gasteiger partial charge on any atom is 0.151 e. The second kappa shape index (κ2) is 6.93. The SMILES string of the molecule is Cc1cc2c(nc(-c3ccc(Br)s3)n2Cc2ccc(Br)s2)c(Br)c1C. The van der Waals surface area contributed by atoms with Crippen molar-refractivity contribution in [3.05, 3.63) is 58.4 Å². The molecular formula is C18H13Br3N2S2. The molecule has 0 radical (unpaired) electrons. The summed E-state index contributed by atoms with van der Waals surface area (Å²) in [5, 5.41) is 0. The molecule has 0 bridgehead atoms. The number of imidazole rings is 1. The maximum absolute atomic E-state index is 5.00. The summed E-state index contributed by atoms with van der Waals surface area (Å²) < 4.78 is 5.68. The van der Waals surface area contributed by atoms with Crippen LogP contribution in [-0.2, 0) is 6.54 Å². The number of hydrogen-bond donors (Lipinski definition) is 0. The molecule has 4 aromatic rings. The Balaban J connectivity index is 1.98. The van der Waals surface area contributed by atoms with Crippen LogP contribution in [0.15, 0.2) is 42.4 Å². The lowest BCUT2D eigenvalue weighted by Crippen LogP contribution is -2.00. The van der Waals surface area contributed by atoms with Crippen LogP contribution < -0.4 is 0 Å². The van der Waals surface area contributed by atoms with Crippen molar-refractivity contribution in [2.24, 2.45) is 0 Å². The smallest absolute Gasteiger partial charge is 0.151 e. The predicted octanol–water partition coefficient (Wildman–Crippen LogP) is 7.78. The number of benzene rings is 1. The third-order valence-electron chi connectivity index (χ3n) is 4.23. The van der Waals surface area contributed by atoms with Gasteiger partial charge in [0.25, 0.3) is 0 Å². The van der Waals surface area contributed by atoms with E-state index in [0.717, 1.165) is 29.9 Å². The van der Waals surface area contributed by atoms with Crippen LogP contribution in [0.25, 0.3) is 21.7 Å². The quantitative estimate of drug-likeness (QED) is 0.250. The lowest BCUT2D eigenvalue weighted by molar-refractivity contribution is 0.850. The minimum absolute atomic E-state index is 0.812. The van der Waals surface area contributed by atoms with E-state index in [4.69, 9.17) is 4.98 Å². The number of aryl methyl sites for hydroxylation is 1. The average Bonchev–Trinajstić information content (AvgIpc) is 3.26. The van der Waals surface area contributed by atoms with E-state index in [9.17, 15) is 0 Å². The minimum Gasteiger partial charge on any atom is -0.318 e. The van der Waals surface area contributed by atoms with Crippen LogP contribution in [-0.4, -0.2) is 9.55 Å². The fourth-order valence-electron chi connectivity index (χ4n) is 2.81. The minimum atomic E-state index is 0.812. The third kappa shape index (κ3) is 3.30. The molecule has 3 heterocycles. The number of rotatable bonds is 3. The van der Waals surface area contributed by atoms with E-state index >= 15 is 0 Å². The average molecular weight is 561 g/mol. The van der Waals surface area contributed by atoms with Gasteiger partial charge in [0.1, 0.15) is 5.52 Å². The molecule has 7 heteroatoms. The second-order valence-electron chi connectivity index (χ2n) is 5.83. The summed E-state index contributed by atoms with van der Waals surface area (Å²) in [5.41, 5.74) is 4.71. The largest absolute Gasteiger partial charge is 0.318 e. The Bertz CT molecular complexity index is 1090. The van der Waals surface area contributed by atoms with Gasteiger partial charge in [0.2, 0.25) is 0 Å². The van der Waals surface area contributed by atoms with E-state index in [1.165, 1.54) is 26.4 Å². The van der Waals surface area contributed by atoms with Crippen molar-refractivity contribution in [2.45, 2.75) is 20.4 Å². The number of nitrogens with zero attached hydrogens (tertiary/aromatic N) is 2. The zero-order chi connectivity index (χ0) is 17.7. The van der Waals surface area contributed by atoms with E-state index in [2.05, 4.69) is 96.5 Å². The summed E-state index contributed by atoms with van der Waals surface area (Å²) in [4.78, 5) is 7.47. The summed E-state index contributed by atoms with van der Waals surface area (Å²) in [6.45, 7) is 5.10. The first-order valence-electron chi connectivity index (χ1n) is 7.60. The lowest BCUT2D eigenvalue weighted by Gasteiger charge is -2.09. The van der Waals surface area contributed by atoms with Gasteiger partial charge in [-0.05, 0) is 103 Å². The Kier molecular flexibility index (Phi) is 4.96. The first-order chi connectivity index (χ1) is 11.9. The molecule has 0 saturated heterocycles. The van der Waals surface area contributed by atoms with Gasteiger partial charge < -0.3 is 4.57 Å². The Morgan fingerprint density at radius 2 is 1.72 bits per heavy atom. The molecule has 4 rings (SSSR count). The van der Waals surface area contributed by atoms with E-state index in [1.54, 1.807) is 22.7 Å². The van der Waals surface area contributed by atoms with Gasteiger partial charge in [-0.3, -0.25) is 0 Å². The van der Waals surface area contributed by atoms with Crippen LogP contribution in [0.5, 0.6) is 0 Å². The van der Waals surface area contributed by atoms with Crippen LogP contribution in [0, 0.1) is 13.8 Å². The highest BCUT2D eigenvalue weighted by atomic mass is 79.9. The number of thiophene rings is 2. The Hall–Kier alpha value is -0.470. The molecule has 2 nitrogen and oxygen atoms in total. The van der Waals surface area contributed by atoms with Gasteiger partial charge in [0.05, 0.1) is 24.5 Å². The molecular weight excluding hydrogens is 548 g/mol. The zero-order valence-corrected chi connectivity index (χ0v) is 19.8. The molecule has 0 aliphatic rings. The molecule has 0 N–H and O–H groups in total. The van der Waals surface area contributed by atoms with Gasteiger partial charge in [0.15, 0.2) is 5.82 Å². The van der Waals surface area contributed by atoms with Crippen molar-refractivity contribution in [3.63, 3.8) is 0 Å².